The molecule has 4 aromatic rings. The van der Waals surface area contributed by atoms with Gasteiger partial charge in [0.1, 0.15) is 26.1 Å². The van der Waals surface area contributed by atoms with Crippen molar-refractivity contribution in [2.24, 2.45) is 10.2 Å². The molecule has 0 radical (unpaired) electrons. The molecule has 0 unspecified atom stereocenters. The van der Waals surface area contributed by atoms with Crippen LogP contribution < -0.4 is 10.6 Å². The molecular formula is C25H22N4O11S3. The topological polar surface area (TPSA) is 249 Å². The first-order valence-corrected chi connectivity index (χ1v) is 16.1. The van der Waals surface area contributed by atoms with Crippen LogP contribution in [0, 0.1) is 0 Å². The Morgan fingerprint density at radius 3 is 1.95 bits per heavy atom. The SMILES string of the molecule is CNCc1ccc(S(=O)(=O)O)c(N=Nc2c(S(=O)(=O)O)cc3c(S(=O)(=O)O)ccc(NC(=O)c4ccccc4)c3c2O)c1. The van der Waals surface area contributed by atoms with Gasteiger partial charge in [-0.25, -0.2) is 0 Å². The number of hydrogen-bond donors (Lipinski definition) is 6. The Bertz CT molecular complexity index is 2120. The van der Waals surface area contributed by atoms with Crippen LogP contribution in [0.1, 0.15) is 15.9 Å². The lowest BCUT2D eigenvalue weighted by Crippen LogP contribution is -2.13. The number of anilines is 1. The van der Waals surface area contributed by atoms with Crippen molar-refractivity contribution in [3.63, 3.8) is 0 Å². The molecule has 0 atom stereocenters. The molecule has 0 saturated heterocycles. The van der Waals surface area contributed by atoms with E-state index in [0.29, 0.717) is 11.6 Å². The van der Waals surface area contributed by atoms with Crippen molar-refractivity contribution >= 4 is 64.1 Å². The molecule has 15 nitrogen and oxygen atoms in total. The first-order valence-electron chi connectivity index (χ1n) is 11.8. The summed E-state index contributed by atoms with van der Waals surface area (Å²) in [5.74, 6) is -1.84. The summed E-state index contributed by atoms with van der Waals surface area (Å²) in [5.41, 5.74) is -1.12. The number of phenolic OH excluding ortho intramolecular Hbond substituents is 1. The van der Waals surface area contributed by atoms with Gasteiger partial charge in [-0.05, 0) is 55.1 Å². The van der Waals surface area contributed by atoms with Gasteiger partial charge in [0.15, 0.2) is 5.75 Å². The molecule has 6 N–H and O–H groups in total. The van der Waals surface area contributed by atoms with Crippen molar-refractivity contribution in [1.29, 1.82) is 0 Å². The van der Waals surface area contributed by atoms with Crippen LogP contribution in [0.5, 0.6) is 5.75 Å². The normalized spacial score (nSPS) is 12.6. The monoisotopic (exact) mass is 650 g/mol. The summed E-state index contributed by atoms with van der Waals surface area (Å²) in [6, 6.07) is 13.7. The Balaban J connectivity index is 2.05. The molecule has 1 amide bonds. The maximum Gasteiger partial charge on any atom is 0.296 e. The first kappa shape index (κ1) is 31.6. The molecule has 0 aliphatic heterocycles. The minimum absolute atomic E-state index is 0.155. The highest BCUT2D eigenvalue weighted by molar-refractivity contribution is 7.86. The molecule has 0 saturated carbocycles. The van der Waals surface area contributed by atoms with Crippen LogP contribution in [0.2, 0.25) is 0 Å². The quantitative estimate of drug-likeness (QED) is 0.112. The van der Waals surface area contributed by atoms with Gasteiger partial charge in [0.25, 0.3) is 36.3 Å². The molecule has 43 heavy (non-hydrogen) atoms. The van der Waals surface area contributed by atoms with Crippen LogP contribution in [-0.4, -0.2) is 57.0 Å². The number of nitrogens with one attached hydrogen (secondary N) is 2. The lowest BCUT2D eigenvalue weighted by Gasteiger charge is -2.15. The van der Waals surface area contributed by atoms with E-state index in [9.17, 15) is 48.8 Å². The second kappa shape index (κ2) is 11.8. The third-order valence-electron chi connectivity index (χ3n) is 5.96. The smallest absolute Gasteiger partial charge is 0.296 e. The Labute approximate surface area is 245 Å². The Kier molecular flexibility index (Phi) is 8.65. The fraction of sp³-hybridized carbons (Fsp3) is 0.0800. The number of benzene rings is 4. The summed E-state index contributed by atoms with van der Waals surface area (Å²) >= 11 is 0. The van der Waals surface area contributed by atoms with E-state index in [-0.39, 0.29) is 17.8 Å². The van der Waals surface area contributed by atoms with Gasteiger partial charge >= 0.3 is 0 Å². The number of hydrogen-bond acceptors (Lipinski definition) is 11. The lowest BCUT2D eigenvalue weighted by molar-refractivity contribution is 0.102. The summed E-state index contributed by atoms with van der Waals surface area (Å²) < 4.78 is 102. The van der Waals surface area contributed by atoms with Crippen LogP contribution in [0.4, 0.5) is 17.1 Å². The molecule has 4 rings (SSSR count). The number of azo groups is 1. The van der Waals surface area contributed by atoms with Crippen molar-refractivity contribution in [3.8, 4) is 5.75 Å². The summed E-state index contributed by atoms with van der Waals surface area (Å²) in [4.78, 5) is 10.1. The fourth-order valence-corrected chi connectivity index (χ4v) is 6.05. The molecule has 0 aliphatic carbocycles. The van der Waals surface area contributed by atoms with Crippen LogP contribution in [0.15, 0.2) is 91.6 Å². The molecule has 18 heteroatoms. The van der Waals surface area contributed by atoms with Crippen molar-refractivity contribution in [1.82, 2.24) is 5.32 Å². The molecule has 226 valence electrons. The molecule has 0 aliphatic rings. The number of nitrogens with zero attached hydrogens (tertiary/aromatic N) is 2. The molecule has 0 fully saturated rings. The number of amides is 1. The zero-order chi connectivity index (χ0) is 31.7. The van der Waals surface area contributed by atoms with Gasteiger partial charge in [-0.1, -0.05) is 24.3 Å². The standard InChI is InChI=1S/C25H22N4O11S3/c1-26-13-14-7-9-20(42(35,36)37)18(11-14)28-29-23-21(43(38,39)40)12-16-19(41(32,33)34)10-8-17(22(16)24(23)30)27-25(31)15-5-3-2-4-6-15/h2-12,26,30H,13H2,1H3,(H,27,31)(H,32,33,34)(H,35,36,37)(H,38,39,40). The van der Waals surface area contributed by atoms with E-state index in [0.717, 1.165) is 18.2 Å². The summed E-state index contributed by atoms with van der Waals surface area (Å²) in [5, 5.41) is 22.7. The van der Waals surface area contributed by atoms with Gasteiger partial charge in [-0.3, -0.25) is 18.5 Å². The number of fused-ring (bicyclic) bond motifs is 1. The predicted octanol–water partition coefficient (Wildman–Crippen LogP) is 3.67. The van der Waals surface area contributed by atoms with Crippen molar-refractivity contribution in [2.45, 2.75) is 21.2 Å². The summed E-state index contributed by atoms with van der Waals surface area (Å²) in [7, 11) is -13.6. The number of phenols is 1. The van der Waals surface area contributed by atoms with E-state index in [2.05, 4.69) is 20.9 Å². The highest BCUT2D eigenvalue weighted by Gasteiger charge is 2.28. The van der Waals surface area contributed by atoms with Crippen LogP contribution in [0.3, 0.4) is 0 Å². The summed E-state index contributed by atoms with van der Waals surface area (Å²) in [6.07, 6.45) is 0. The number of rotatable bonds is 9. The largest absolute Gasteiger partial charge is 0.505 e. The van der Waals surface area contributed by atoms with Crippen molar-refractivity contribution in [3.05, 3.63) is 77.9 Å². The third-order valence-corrected chi connectivity index (χ3v) is 8.64. The zero-order valence-corrected chi connectivity index (χ0v) is 24.3. The van der Waals surface area contributed by atoms with Gasteiger partial charge in [-0.15, -0.1) is 10.2 Å². The third kappa shape index (κ3) is 6.86. The number of carbonyl (C=O) groups excluding carboxylic acids is 1. The molecular weight excluding hydrogens is 628 g/mol. The zero-order valence-electron chi connectivity index (χ0n) is 21.8. The van der Waals surface area contributed by atoms with E-state index in [1.807, 2.05) is 0 Å². The van der Waals surface area contributed by atoms with Gasteiger partial charge in [0.2, 0.25) is 0 Å². The van der Waals surface area contributed by atoms with Gasteiger partial charge in [0.05, 0.1) is 11.1 Å². The van der Waals surface area contributed by atoms with Crippen LogP contribution in [-0.2, 0) is 36.9 Å². The number of carbonyl (C=O) groups is 1. The maximum absolute atomic E-state index is 12.9. The van der Waals surface area contributed by atoms with E-state index < -0.39 is 78.8 Å². The van der Waals surface area contributed by atoms with Crippen molar-refractivity contribution < 1.29 is 48.8 Å². The van der Waals surface area contributed by atoms with E-state index >= 15 is 0 Å². The van der Waals surface area contributed by atoms with E-state index in [1.54, 1.807) is 25.2 Å². The summed E-state index contributed by atoms with van der Waals surface area (Å²) in [6.45, 7) is 0.217. The molecule has 0 aromatic heterocycles. The molecule has 4 aromatic carbocycles. The second-order valence-corrected chi connectivity index (χ2v) is 13.1. The van der Waals surface area contributed by atoms with E-state index in [1.165, 1.54) is 24.3 Å². The minimum Gasteiger partial charge on any atom is -0.505 e. The van der Waals surface area contributed by atoms with E-state index in [4.69, 9.17) is 0 Å². The van der Waals surface area contributed by atoms with Gasteiger partial charge in [0, 0.05) is 17.5 Å². The highest BCUT2D eigenvalue weighted by Crippen LogP contribution is 2.46. The van der Waals surface area contributed by atoms with Crippen LogP contribution in [0.25, 0.3) is 10.8 Å². The van der Waals surface area contributed by atoms with Crippen molar-refractivity contribution in [2.75, 3.05) is 12.4 Å². The van der Waals surface area contributed by atoms with Crippen LogP contribution >= 0.6 is 0 Å². The van der Waals surface area contributed by atoms with Gasteiger partial charge < -0.3 is 15.7 Å². The minimum atomic E-state index is -5.30. The van der Waals surface area contributed by atoms with Gasteiger partial charge in [-0.2, -0.15) is 25.3 Å². The second-order valence-electron chi connectivity index (χ2n) is 8.88. The number of aromatic hydroxyl groups is 1. The Hall–Kier alpha value is -4.30. The predicted molar refractivity (Wildman–Crippen MR) is 153 cm³/mol. The average Bonchev–Trinajstić information content (AvgIpc) is 2.91. The highest BCUT2D eigenvalue weighted by atomic mass is 32.2. The lowest BCUT2D eigenvalue weighted by atomic mass is 10.1. The average molecular weight is 651 g/mol. The fourth-order valence-electron chi connectivity index (χ4n) is 4.12. The first-order chi connectivity index (χ1) is 20.0. The molecule has 0 heterocycles. The molecule has 0 bridgehead atoms. The maximum atomic E-state index is 12.9. The molecule has 0 spiro atoms. The Morgan fingerprint density at radius 2 is 1.37 bits per heavy atom. The Morgan fingerprint density at radius 1 is 0.767 bits per heavy atom.